The molecular weight excluding hydrogens is 527 g/mol. The predicted octanol–water partition coefficient (Wildman–Crippen LogP) is 4.69. The van der Waals surface area contributed by atoms with Crippen LogP contribution in [0.5, 0.6) is 0 Å². The molecule has 0 unspecified atom stereocenters. The van der Waals surface area contributed by atoms with Gasteiger partial charge in [-0.15, -0.1) is 11.3 Å². The fourth-order valence-corrected chi connectivity index (χ4v) is 5.68. The highest BCUT2D eigenvalue weighted by Crippen LogP contribution is 2.37. The van der Waals surface area contributed by atoms with Gasteiger partial charge in [-0.2, -0.15) is 5.10 Å². The van der Waals surface area contributed by atoms with Gasteiger partial charge in [0.05, 0.1) is 35.4 Å². The van der Waals surface area contributed by atoms with Crippen molar-refractivity contribution in [3.05, 3.63) is 92.9 Å². The molecule has 0 aliphatic carbocycles. The summed E-state index contributed by atoms with van der Waals surface area (Å²) >= 11 is 8.08. The summed E-state index contributed by atoms with van der Waals surface area (Å²) in [5, 5.41) is 8.64. The van der Waals surface area contributed by atoms with E-state index in [-0.39, 0.29) is 24.6 Å². The molecule has 0 saturated carbocycles. The minimum atomic E-state index is -0.616. The van der Waals surface area contributed by atoms with Gasteiger partial charge in [-0.1, -0.05) is 48.0 Å². The highest BCUT2D eigenvalue weighted by molar-refractivity contribution is 7.12. The second kappa shape index (κ2) is 12.2. The van der Waals surface area contributed by atoms with Crippen LogP contribution >= 0.6 is 22.9 Å². The van der Waals surface area contributed by atoms with Crippen LogP contribution in [0.4, 0.5) is 4.39 Å². The number of benzene rings is 2. The Morgan fingerprint density at radius 1 is 1.08 bits per heavy atom. The number of hydrogen-bond acceptors (Lipinski definition) is 6. The van der Waals surface area contributed by atoms with Crippen LogP contribution in [0, 0.1) is 5.82 Å². The van der Waals surface area contributed by atoms with Gasteiger partial charge in [0, 0.05) is 37.6 Å². The number of amides is 2. The van der Waals surface area contributed by atoms with Crippen LogP contribution in [0.3, 0.4) is 0 Å². The van der Waals surface area contributed by atoms with Crippen LogP contribution in [0.1, 0.15) is 33.3 Å². The number of thiophene rings is 1. The van der Waals surface area contributed by atoms with E-state index in [9.17, 15) is 14.0 Å². The number of hydrogen-bond donors (Lipinski definition) is 0. The molecule has 1 fully saturated rings. The Kier molecular flexibility index (Phi) is 8.48. The Bertz CT molecular complexity index is 1310. The van der Waals surface area contributed by atoms with Crippen molar-refractivity contribution in [3.63, 3.8) is 0 Å². The lowest BCUT2D eigenvalue weighted by molar-refractivity contribution is -0.133. The summed E-state index contributed by atoms with van der Waals surface area (Å²) in [4.78, 5) is 31.8. The van der Waals surface area contributed by atoms with Crippen LogP contribution in [0.25, 0.3) is 0 Å². The molecule has 0 N–H and O–H groups in total. The molecule has 198 valence electrons. The maximum atomic E-state index is 14.6. The smallest absolute Gasteiger partial charge is 0.262 e. The lowest BCUT2D eigenvalue weighted by Crippen LogP contribution is -2.46. The molecule has 2 aromatic carbocycles. The zero-order valence-electron chi connectivity index (χ0n) is 20.8. The van der Waals surface area contributed by atoms with Crippen LogP contribution in [-0.2, 0) is 9.53 Å². The molecule has 5 rings (SSSR count). The number of carbonyl (C=O) groups excluding carboxylic acids is 2. The zero-order valence-corrected chi connectivity index (χ0v) is 22.3. The average Bonchev–Trinajstić information content (AvgIpc) is 3.62. The summed E-state index contributed by atoms with van der Waals surface area (Å²) in [7, 11) is 0. The number of carbonyl (C=O) groups is 2. The minimum Gasteiger partial charge on any atom is -0.379 e. The SMILES string of the molecule is O=C(c1ccccc1F)N(CCN1CCOCC1)CC(=O)N1N=C(c2cccs2)C[C@H]1c1ccccc1Cl. The van der Waals surface area contributed by atoms with E-state index in [1.165, 1.54) is 28.1 Å². The van der Waals surface area contributed by atoms with Gasteiger partial charge in [-0.3, -0.25) is 14.5 Å². The topological polar surface area (TPSA) is 65.5 Å². The monoisotopic (exact) mass is 554 g/mol. The van der Waals surface area contributed by atoms with Crippen LogP contribution in [0.2, 0.25) is 5.02 Å². The first kappa shape index (κ1) is 26.5. The largest absolute Gasteiger partial charge is 0.379 e. The molecule has 1 saturated heterocycles. The number of ether oxygens (including phenoxy) is 1. The Morgan fingerprint density at radius 2 is 1.84 bits per heavy atom. The van der Waals surface area contributed by atoms with E-state index in [0.717, 1.165) is 29.2 Å². The van der Waals surface area contributed by atoms with E-state index >= 15 is 0 Å². The van der Waals surface area contributed by atoms with E-state index < -0.39 is 17.8 Å². The third kappa shape index (κ3) is 5.96. The fourth-order valence-electron chi connectivity index (χ4n) is 4.70. The third-order valence-electron chi connectivity index (χ3n) is 6.74. The Labute approximate surface area is 230 Å². The molecule has 3 aromatic rings. The van der Waals surface area contributed by atoms with Gasteiger partial charge < -0.3 is 9.64 Å². The van der Waals surface area contributed by atoms with Gasteiger partial charge in [0.2, 0.25) is 0 Å². The summed E-state index contributed by atoms with van der Waals surface area (Å²) in [5.74, 6) is -1.50. The minimum absolute atomic E-state index is 0.0610. The molecule has 3 heterocycles. The van der Waals surface area contributed by atoms with E-state index in [4.69, 9.17) is 21.4 Å². The first-order chi connectivity index (χ1) is 18.5. The summed E-state index contributed by atoms with van der Waals surface area (Å²) < 4.78 is 20.0. The molecule has 0 spiro atoms. The fraction of sp³-hybridized carbons (Fsp3) is 0.321. The predicted molar refractivity (Wildman–Crippen MR) is 146 cm³/mol. The van der Waals surface area contributed by atoms with Gasteiger partial charge in [0.15, 0.2) is 0 Å². The molecule has 2 amide bonds. The van der Waals surface area contributed by atoms with Crippen molar-refractivity contribution in [2.75, 3.05) is 45.9 Å². The van der Waals surface area contributed by atoms with Crippen molar-refractivity contribution >= 4 is 40.5 Å². The second-order valence-corrected chi connectivity index (χ2v) is 10.5. The Balaban J connectivity index is 1.41. The van der Waals surface area contributed by atoms with Gasteiger partial charge in [-0.25, -0.2) is 9.40 Å². The second-order valence-electron chi connectivity index (χ2n) is 9.16. The molecule has 0 radical (unpaired) electrons. The van der Waals surface area contributed by atoms with Crippen LogP contribution < -0.4 is 0 Å². The molecule has 38 heavy (non-hydrogen) atoms. The van der Waals surface area contributed by atoms with Crippen molar-refractivity contribution in [2.24, 2.45) is 5.10 Å². The molecule has 10 heteroatoms. The van der Waals surface area contributed by atoms with Crippen LogP contribution in [0.15, 0.2) is 71.1 Å². The van der Waals surface area contributed by atoms with Crippen molar-refractivity contribution in [2.45, 2.75) is 12.5 Å². The van der Waals surface area contributed by atoms with Gasteiger partial charge >= 0.3 is 0 Å². The number of rotatable bonds is 8. The van der Waals surface area contributed by atoms with Crippen molar-refractivity contribution < 1.29 is 18.7 Å². The summed E-state index contributed by atoms with van der Waals surface area (Å²) in [6.45, 7) is 3.30. The van der Waals surface area contributed by atoms with E-state index in [0.29, 0.717) is 31.2 Å². The normalized spacial score (nSPS) is 17.9. The van der Waals surface area contributed by atoms with Gasteiger partial charge in [0.1, 0.15) is 12.4 Å². The lowest BCUT2D eigenvalue weighted by Gasteiger charge is -2.31. The lowest BCUT2D eigenvalue weighted by atomic mass is 10.0. The van der Waals surface area contributed by atoms with Crippen molar-refractivity contribution in [1.29, 1.82) is 0 Å². The summed E-state index contributed by atoms with van der Waals surface area (Å²) in [5.41, 5.74) is 1.52. The van der Waals surface area contributed by atoms with Gasteiger partial charge in [-0.05, 0) is 35.2 Å². The molecule has 7 nitrogen and oxygen atoms in total. The molecule has 0 bridgehead atoms. The first-order valence-corrected chi connectivity index (χ1v) is 13.8. The Hall–Kier alpha value is -3.11. The average molecular weight is 555 g/mol. The quantitative estimate of drug-likeness (QED) is 0.405. The molecule has 1 atom stereocenters. The van der Waals surface area contributed by atoms with Crippen LogP contribution in [-0.4, -0.2) is 78.3 Å². The number of hydrazone groups is 1. The van der Waals surface area contributed by atoms with Crippen molar-refractivity contribution in [3.8, 4) is 0 Å². The highest BCUT2D eigenvalue weighted by atomic mass is 35.5. The number of morpholine rings is 1. The standard InChI is InChI=1S/C28H28ClFN4O3S/c29-22-8-3-1-6-20(22)25-18-24(26-10-5-17-38-26)31-34(25)27(35)19-33(12-11-32-13-15-37-16-14-32)28(36)21-7-2-4-9-23(21)30/h1-10,17,25H,11-16,18-19H2/t25-/m0/s1. The number of halogens is 2. The molecule has 2 aliphatic rings. The van der Waals surface area contributed by atoms with Crippen molar-refractivity contribution in [1.82, 2.24) is 14.8 Å². The Morgan fingerprint density at radius 3 is 2.58 bits per heavy atom. The maximum absolute atomic E-state index is 14.6. The first-order valence-electron chi connectivity index (χ1n) is 12.5. The maximum Gasteiger partial charge on any atom is 0.262 e. The summed E-state index contributed by atoms with van der Waals surface area (Å²) in [6.07, 6.45) is 0.505. The van der Waals surface area contributed by atoms with E-state index in [1.807, 2.05) is 35.7 Å². The van der Waals surface area contributed by atoms with Gasteiger partial charge in [0.25, 0.3) is 11.8 Å². The van der Waals surface area contributed by atoms with E-state index in [1.54, 1.807) is 23.5 Å². The third-order valence-corrected chi connectivity index (χ3v) is 8.01. The number of nitrogens with zero attached hydrogens (tertiary/aromatic N) is 4. The molecule has 2 aliphatic heterocycles. The zero-order chi connectivity index (χ0) is 26.5. The highest BCUT2D eigenvalue weighted by Gasteiger charge is 2.36. The van der Waals surface area contributed by atoms with E-state index in [2.05, 4.69) is 4.90 Å². The molecule has 1 aromatic heterocycles. The summed E-state index contributed by atoms with van der Waals surface area (Å²) in [6, 6.07) is 16.8. The molecular formula is C28H28ClFN4O3S.